The Kier molecular flexibility index (Phi) is 6.13. The molecule has 0 unspecified atom stereocenters. The molecule has 3 N–H and O–H groups in total. The van der Waals surface area contributed by atoms with E-state index in [0.717, 1.165) is 62.9 Å². The van der Waals surface area contributed by atoms with E-state index < -0.39 is 0 Å². The minimum atomic E-state index is -0.264. The molecule has 2 aromatic carbocycles. The van der Waals surface area contributed by atoms with Crippen molar-refractivity contribution in [3.8, 4) is 33.8 Å². The van der Waals surface area contributed by atoms with Crippen molar-refractivity contribution in [1.82, 2.24) is 25.1 Å². The van der Waals surface area contributed by atoms with Crippen molar-refractivity contribution in [1.29, 1.82) is 0 Å². The van der Waals surface area contributed by atoms with E-state index in [4.69, 9.17) is 4.98 Å². The number of halogens is 1. The predicted octanol–water partition coefficient (Wildman–Crippen LogP) is 7.10. The molecule has 6 rings (SSSR count). The molecule has 6 aromatic rings. The number of hydrogen-bond acceptors (Lipinski definition) is 4. The van der Waals surface area contributed by atoms with E-state index in [1.54, 1.807) is 24.5 Å². The fourth-order valence-electron chi connectivity index (χ4n) is 4.62. The molecule has 0 bridgehead atoms. The Balaban J connectivity index is 1.37. The Morgan fingerprint density at radius 3 is 2.68 bits per heavy atom. The van der Waals surface area contributed by atoms with E-state index >= 15 is 0 Å². The Hall–Kier alpha value is -4.85. The van der Waals surface area contributed by atoms with E-state index in [9.17, 15) is 9.18 Å². The first-order chi connectivity index (χ1) is 18.6. The number of H-pyrrole nitrogens is 2. The number of hydrogen-bond donors (Lipinski definition) is 3. The Labute approximate surface area is 218 Å². The zero-order chi connectivity index (χ0) is 26.1. The number of carbonyl (C=O) groups is 1. The molecule has 0 saturated carbocycles. The summed E-state index contributed by atoms with van der Waals surface area (Å²) >= 11 is 0. The number of rotatable bonds is 7. The molecule has 0 atom stereocenters. The lowest BCUT2D eigenvalue weighted by Crippen LogP contribution is -2.11. The van der Waals surface area contributed by atoms with E-state index in [1.807, 2.05) is 42.5 Å². The second-order valence-electron chi connectivity index (χ2n) is 9.24. The summed E-state index contributed by atoms with van der Waals surface area (Å²) in [5, 5.41) is 11.6. The number of nitrogens with one attached hydrogen (secondary N) is 3. The van der Waals surface area contributed by atoms with Crippen LogP contribution in [0.25, 0.3) is 55.7 Å². The van der Waals surface area contributed by atoms with Crippen molar-refractivity contribution < 1.29 is 9.18 Å². The number of nitrogens with zero attached hydrogens (tertiary/aromatic N) is 3. The normalized spacial score (nSPS) is 11.3. The van der Waals surface area contributed by atoms with Gasteiger partial charge in [-0.25, -0.2) is 9.37 Å². The smallest absolute Gasteiger partial charge is 0.224 e. The van der Waals surface area contributed by atoms with Crippen LogP contribution >= 0.6 is 0 Å². The van der Waals surface area contributed by atoms with Crippen molar-refractivity contribution in [3.63, 3.8) is 0 Å². The van der Waals surface area contributed by atoms with Crippen molar-refractivity contribution in [2.24, 2.45) is 0 Å². The second kappa shape index (κ2) is 9.89. The second-order valence-corrected chi connectivity index (χ2v) is 9.24. The third kappa shape index (κ3) is 4.52. The van der Waals surface area contributed by atoms with E-state index in [-0.39, 0.29) is 11.7 Å². The van der Waals surface area contributed by atoms with Gasteiger partial charge in [-0.3, -0.25) is 14.9 Å². The van der Waals surface area contributed by atoms with Gasteiger partial charge in [0.05, 0.1) is 28.8 Å². The van der Waals surface area contributed by atoms with Crippen molar-refractivity contribution in [3.05, 3.63) is 84.9 Å². The highest BCUT2D eigenvalue weighted by Gasteiger charge is 2.16. The van der Waals surface area contributed by atoms with Crippen molar-refractivity contribution >= 4 is 33.5 Å². The lowest BCUT2D eigenvalue weighted by molar-refractivity contribution is -0.116. The number of anilines is 1. The monoisotopic (exact) mass is 504 g/mol. The van der Waals surface area contributed by atoms with Crippen LogP contribution in [0.4, 0.5) is 10.1 Å². The quantitative estimate of drug-likeness (QED) is 0.216. The maximum absolute atomic E-state index is 13.5. The molecule has 38 heavy (non-hydrogen) atoms. The molecule has 1 amide bonds. The molecule has 188 valence electrons. The van der Waals surface area contributed by atoms with Crippen LogP contribution in [0.2, 0.25) is 0 Å². The fraction of sp³-hybridized carbons (Fsp3) is 0.133. The van der Waals surface area contributed by atoms with Gasteiger partial charge in [-0.15, -0.1) is 0 Å². The number of aromatic nitrogens is 5. The summed E-state index contributed by atoms with van der Waals surface area (Å²) in [5.74, 6) is -0.287. The summed E-state index contributed by atoms with van der Waals surface area (Å²) in [4.78, 5) is 24.9. The zero-order valence-corrected chi connectivity index (χ0v) is 20.8. The molecule has 8 heteroatoms. The van der Waals surface area contributed by atoms with Gasteiger partial charge in [-0.05, 0) is 60.0 Å². The fourth-order valence-corrected chi connectivity index (χ4v) is 4.62. The summed E-state index contributed by atoms with van der Waals surface area (Å²) in [6.07, 6.45) is 5.66. The van der Waals surface area contributed by atoms with E-state index in [0.29, 0.717) is 17.8 Å². The number of fused-ring (bicyclic) bond motifs is 2. The van der Waals surface area contributed by atoms with E-state index in [2.05, 4.69) is 32.4 Å². The minimum Gasteiger partial charge on any atom is -0.353 e. The standard InChI is InChI=1S/C30H25FN6O/c1-2-3-7-28(38)33-21-14-19(16-32-17-21)24-12-13-26-29(35-24)30(37-36-26)27-15-23-22(5-4-6-25(23)34-27)18-8-10-20(31)11-9-18/h4-6,8-17,34H,2-3,7H2,1H3,(H,33,38)(H,36,37). The summed E-state index contributed by atoms with van der Waals surface area (Å²) in [6, 6.07) is 20.3. The first kappa shape index (κ1) is 23.5. The zero-order valence-electron chi connectivity index (χ0n) is 20.8. The average Bonchev–Trinajstić information content (AvgIpc) is 3.56. The molecular weight excluding hydrogens is 479 g/mol. The number of benzene rings is 2. The van der Waals surface area contributed by atoms with Gasteiger partial charge in [-0.1, -0.05) is 37.6 Å². The third-order valence-corrected chi connectivity index (χ3v) is 6.56. The molecule has 0 fully saturated rings. The first-order valence-electron chi connectivity index (χ1n) is 12.6. The Morgan fingerprint density at radius 1 is 0.974 bits per heavy atom. The van der Waals surface area contributed by atoms with Crippen LogP contribution in [0.15, 0.2) is 79.1 Å². The third-order valence-electron chi connectivity index (χ3n) is 6.56. The van der Waals surface area contributed by atoms with Gasteiger partial charge in [0.2, 0.25) is 5.91 Å². The number of carbonyl (C=O) groups excluding carboxylic acids is 1. The molecule has 7 nitrogen and oxygen atoms in total. The first-order valence-corrected chi connectivity index (χ1v) is 12.6. The van der Waals surface area contributed by atoms with Crippen molar-refractivity contribution in [2.45, 2.75) is 26.2 Å². The Morgan fingerprint density at radius 2 is 1.84 bits per heavy atom. The summed E-state index contributed by atoms with van der Waals surface area (Å²) < 4.78 is 13.5. The number of pyridine rings is 2. The van der Waals surface area contributed by atoms with Gasteiger partial charge < -0.3 is 10.3 Å². The van der Waals surface area contributed by atoms with Gasteiger partial charge in [-0.2, -0.15) is 5.10 Å². The number of amides is 1. The van der Waals surface area contributed by atoms with Crippen LogP contribution in [0.5, 0.6) is 0 Å². The van der Waals surface area contributed by atoms with Crippen LogP contribution in [-0.2, 0) is 4.79 Å². The van der Waals surface area contributed by atoms with Crippen molar-refractivity contribution in [2.75, 3.05) is 5.32 Å². The van der Waals surface area contributed by atoms with Crippen LogP contribution in [0.3, 0.4) is 0 Å². The predicted molar refractivity (Wildman–Crippen MR) is 148 cm³/mol. The molecule has 0 spiro atoms. The Bertz CT molecular complexity index is 1770. The molecular formula is C30H25FN6O. The summed E-state index contributed by atoms with van der Waals surface area (Å²) in [7, 11) is 0. The van der Waals surface area contributed by atoms with Gasteiger partial charge >= 0.3 is 0 Å². The summed E-state index contributed by atoms with van der Waals surface area (Å²) in [6.45, 7) is 2.06. The minimum absolute atomic E-state index is 0.0230. The lowest BCUT2D eigenvalue weighted by Gasteiger charge is -2.07. The van der Waals surface area contributed by atoms with Gasteiger partial charge in [0, 0.05) is 29.1 Å². The molecule has 4 aromatic heterocycles. The highest BCUT2D eigenvalue weighted by Crippen LogP contribution is 2.34. The van der Waals surface area contributed by atoms with Crippen LogP contribution in [-0.4, -0.2) is 31.1 Å². The molecule has 0 aliphatic heterocycles. The highest BCUT2D eigenvalue weighted by atomic mass is 19.1. The molecule has 0 radical (unpaired) electrons. The highest BCUT2D eigenvalue weighted by molar-refractivity contribution is 6.00. The van der Waals surface area contributed by atoms with Gasteiger partial charge in [0.1, 0.15) is 17.0 Å². The molecule has 0 aliphatic rings. The molecule has 0 aliphatic carbocycles. The number of aromatic amines is 2. The topological polar surface area (TPSA) is 99.4 Å². The van der Waals surface area contributed by atoms with E-state index in [1.165, 1.54) is 12.1 Å². The van der Waals surface area contributed by atoms with Crippen LogP contribution < -0.4 is 5.32 Å². The summed E-state index contributed by atoms with van der Waals surface area (Å²) in [5.41, 5.74) is 8.08. The lowest BCUT2D eigenvalue weighted by atomic mass is 10.0. The maximum Gasteiger partial charge on any atom is 0.224 e. The van der Waals surface area contributed by atoms with Gasteiger partial charge in [0.25, 0.3) is 0 Å². The average molecular weight is 505 g/mol. The largest absolute Gasteiger partial charge is 0.353 e. The molecule has 4 heterocycles. The number of unbranched alkanes of at least 4 members (excludes halogenated alkanes) is 1. The van der Waals surface area contributed by atoms with Crippen LogP contribution in [0, 0.1) is 5.82 Å². The SMILES string of the molecule is CCCCC(=O)Nc1cncc(-c2ccc3[nH]nc(-c4cc5c(-c6ccc(F)cc6)cccc5[nH]4)c3n2)c1. The molecule has 0 saturated heterocycles. The van der Waals surface area contributed by atoms with Crippen LogP contribution in [0.1, 0.15) is 26.2 Å². The maximum atomic E-state index is 13.5. The van der Waals surface area contributed by atoms with Gasteiger partial charge in [0.15, 0.2) is 0 Å².